The highest BCUT2D eigenvalue weighted by molar-refractivity contribution is 4.83. The van der Waals surface area contributed by atoms with E-state index in [-0.39, 0.29) is 0 Å². The monoisotopic (exact) mass is 227 g/mol. The zero-order valence-corrected chi connectivity index (χ0v) is 11.7. The summed E-state index contributed by atoms with van der Waals surface area (Å²) in [5.41, 5.74) is 0.378. The number of hydrogen-bond acceptors (Lipinski definition) is 3. The molecular formula is C13H29N3. The highest BCUT2D eigenvalue weighted by atomic mass is 15.3. The van der Waals surface area contributed by atoms with E-state index in [1.807, 2.05) is 7.05 Å². The molecule has 3 nitrogen and oxygen atoms in total. The summed E-state index contributed by atoms with van der Waals surface area (Å²) >= 11 is 0. The van der Waals surface area contributed by atoms with Crippen molar-refractivity contribution < 1.29 is 0 Å². The minimum Gasteiger partial charge on any atom is -0.319 e. The van der Waals surface area contributed by atoms with E-state index in [1.165, 1.54) is 32.7 Å². The Morgan fingerprint density at radius 1 is 1.31 bits per heavy atom. The summed E-state index contributed by atoms with van der Waals surface area (Å²) in [5.74, 6) is 0. The maximum atomic E-state index is 3.29. The van der Waals surface area contributed by atoms with Gasteiger partial charge in [0.05, 0.1) is 0 Å². The molecule has 1 aliphatic heterocycles. The van der Waals surface area contributed by atoms with Crippen molar-refractivity contribution in [3.8, 4) is 0 Å². The predicted octanol–water partition coefficient (Wildman–Crippen LogP) is 1.26. The average Bonchev–Trinajstić information content (AvgIpc) is 2.17. The van der Waals surface area contributed by atoms with E-state index in [4.69, 9.17) is 0 Å². The first-order valence-corrected chi connectivity index (χ1v) is 6.59. The molecule has 1 heterocycles. The third-order valence-corrected chi connectivity index (χ3v) is 3.56. The SMILES string of the molecule is CCN1CCN(CC(C)(C)CNC)CC1C. The second-order valence-electron chi connectivity index (χ2n) is 5.91. The lowest BCUT2D eigenvalue weighted by molar-refractivity contribution is 0.0626. The first-order chi connectivity index (χ1) is 7.48. The second-order valence-corrected chi connectivity index (χ2v) is 5.91. The van der Waals surface area contributed by atoms with Gasteiger partial charge in [0.15, 0.2) is 0 Å². The van der Waals surface area contributed by atoms with Gasteiger partial charge in [-0.1, -0.05) is 20.8 Å². The summed E-state index contributed by atoms with van der Waals surface area (Å²) in [6, 6.07) is 0.712. The number of nitrogens with one attached hydrogen (secondary N) is 1. The predicted molar refractivity (Wildman–Crippen MR) is 70.9 cm³/mol. The fourth-order valence-electron chi connectivity index (χ4n) is 2.82. The smallest absolute Gasteiger partial charge is 0.0195 e. The minimum atomic E-state index is 0.378. The molecule has 16 heavy (non-hydrogen) atoms. The first kappa shape index (κ1) is 13.9. The Bertz CT molecular complexity index is 203. The van der Waals surface area contributed by atoms with Crippen LogP contribution in [0.2, 0.25) is 0 Å². The Balaban J connectivity index is 2.40. The Morgan fingerprint density at radius 2 is 2.00 bits per heavy atom. The van der Waals surface area contributed by atoms with Gasteiger partial charge in [0.25, 0.3) is 0 Å². The molecule has 1 N–H and O–H groups in total. The molecule has 1 unspecified atom stereocenters. The van der Waals surface area contributed by atoms with E-state index in [0.717, 1.165) is 6.54 Å². The molecular weight excluding hydrogens is 198 g/mol. The number of likely N-dealkylation sites (N-methyl/N-ethyl adjacent to an activating group) is 1. The number of nitrogens with zero attached hydrogens (tertiary/aromatic N) is 2. The van der Waals surface area contributed by atoms with Crippen LogP contribution in [0.4, 0.5) is 0 Å². The van der Waals surface area contributed by atoms with Crippen LogP contribution in [-0.4, -0.2) is 62.2 Å². The van der Waals surface area contributed by atoms with Crippen LogP contribution in [0, 0.1) is 5.41 Å². The van der Waals surface area contributed by atoms with Crippen molar-refractivity contribution in [3.63, 3.8) is 0 Å². The molecule has 1 saturated heterocycles. The summed E-state index contributed by atoms with van der Waals surface area (Å²) in [6.45, 7) is 16.5. The van der Waals surface area contributed by atoms with Crippen LogP contribution in [0.5, 0.6) is 0 Å². The summed E-state index contributed by atoms with van der Waals surface area (Å²) in [4.78, 5) is 5.19. The summed E-state index contributed by atoms with van der Waals surface area (Å²) in [7, 11) is 2.04. The molecule has 1 atom stereocenters. The quantitative estimate of drug-likeness (QED) is 0.763. The van der Waals surface area contributed by atoms with Gasteiger partial charge >= 0.3 is 0 Å². The summed E-state index contributed by atoms with van der Waals surface area (Å²) < 4.78 is 0. The Hall–Kier alpha value is -0.120. The molecule has 0 aliphatic carbocycles. The third-order valence-electron chi connectivity index (χ3n) is 3.56. The van der Waals surface area contributed by atoms with Crippen molar-refractivity contribution >= 4 is 0 Å². The van der Waals surface area contributed by atoms with Gasteiger partial charge in [0.1, 0.15) is 0 Å². The van der Waals surface area contributed by atoms with Gasteiger partial charge in [0, 0.05) is 38.8 Å². The van der Waals surface area contributed by atoms with Crippen molar-refractivity contribution in [1.82, 2.24) is 15.1 Å². The zero-order valence-electron chi connectivity index (χ0n) is 11.7. The molecule has 96 valence electrons. The van der Waals surface area contributed by atoms with Gasteiger partial charge in [-0.2, -0.15) is 0 Å². The first-order valence-electron chi connectivity index (χ1n) is 6.59. The van der Waals surface area contributed by atoms with Crippen LogP contribution in [0.25, 0.3) is 0 Å². The van der Waals surface area contributed by atoms with Crippen molar-refractivity contribution in [1.29, 1.82) is 0 Å². The molecule has 0 aromatic rings. The van der Waals surface area contributed by atoms with Gasteiger partial charge in [-0.3, -0.25) is 9.80 Å². The van der Waals surface area contributed by atoms with E-state index in [9.17, 15) is 0 Å². The Morgan fingerprint density at radius 3 is 2.50 bits per heavy atom. The summed E-state index contributed by atoms with van der Waals surface area (Å²) in [6.07, 6.45) is 0. The van der Waals surface area contributed by atoms with Crippen molar-refractivity contribution in [3.05, 3.63) is 0 Å². The highest BCUT2D eigenvalue weighted by Crippen LogP contribution is 2.18. The van der Waals surface area contributed by atoms with Crippen LogP contribution in [-0.2, 0) is 0 Å². The van der Waals surface area contributed by atoms with Crippen LogP contribution in [0.3, 0.4) is 0 Å². The number of rotatable bonds is 5. The molecule has 1 aliphatic rings. The lowest BCUT2D eigenvalue weighted by Crippen LogP contribution is -2.54. The van der Waals surface area contributed by atoms with Gasteiger partial charge < -0.3 is 5.32 Å². The van der Waals surface area contributed by atoms with Crippen molar-refractivity contribution in [2.75, 3.05) is 46.3 Å². The van der Waals surface area contributed by atoms with Crippen LogP contribution >= 0.6 is 0 Å². The Labute approximate surface area is 101 Å². The van der Waals surface area contributed by atoms with E-state index >= 15 is 0 Å². The summed E-state index contributed by atoms with van der Waals surface area (Å²) in [5, 5.41) is 3.29. The number of hydrogen-bond donors (Lipinski definition) is 1. The molecule has 0 bridgehead atoms. The molecule has 0 aromatic heterocycles. The van der Waals surface area contributed by atoms with Crippen LogP contribution < -0.4 is 5.32 Å². The number of piperazine rings is 1. The Kier molecular flexibility index (Phi) is 5.22. The molecule has 0 aromatic carbocycles. The largest absolute Gasteiger partial charge is 0.319 e. The normalized spacial score (nSPS) is 24.9. The molecule has 3 heteroatoms. The standard InChI is InChI=1S/C13H29N3/c1-6-16-8-7-15(9-12(16)2)11-13(3,4)10-14-5/h12,14H,6-11H2,1-5H3. The molecule has 0 radical (unpaired) electrons. The van der Waals surface area contributed by atoms with E-state index in [2.05, 4.69) is 42.8 Å². The lowest BCUT2D eigenvalue weighted by atomic mass is 9.92. The van der Waals surface area contributed by atoms with E-state index < -0.39 is 0 Å². The second kappa shape index (κ2) is 5.99. The highest BCUT2D eigenvalue weighted by Gasteiger charge is 2.27. The maximum absolute atomic E-state index is 3.29. The van der Waals surface area contributed by atoms with Gasteiger partial charge in [-0.15, -0.1) is 0 Å². The van der Waals surface area contributed by atoms with Gasteiger partial charge in [0.2, 0.25) is 0 Å². The van der Waals surface area contributed by atoms with E-state index in [1.54, 1.807) is 0 Å². The van der Waals surface area contributed by atoms with Gasteiger partial charge in [-0.25, -0.2) is 0 Å². The molecule has 0 saturated carbocycles. The molecule has 1 rings (SSSR count). The zero-order chi connectivity index (χ0) is 12.2. The van der Waals surface area contributed by atoms with Gasteiger partial charge in [-0.05, 0) is 25.9 Å². The van der Waals surface area contributed by atoms with Crippen LogP contribution in [0.15, 0.2) is 0 Å². The van der Waals surface area contributed by atoms with Crippen molar-refractivity contribution in [2.24, 2.45) is 5.41 Å². The fourth-order valence-corrected chi connectivity index (χ4v) is 2.82. The maximum Gasteiger partial charge on any atom is 0.0195 e. The lowest BCUT2D eigenvalue weighted by Gasteiger charge is -2.42. The molecule has 0 amide bonds. The molecule has 1 fully saturated rings. The van der Waals surface area contributed by atoms with E-state index in [0.29, 0.717) is 11.5 Å². The fraction of sp³-hybridized carbons (Fsp3) is 1.00. The average molecular weight is 227 g/mol. The molecule has 0 spiro atoms. The van der Waals surface area contributed by atoms with Crippen LogP contribution in [0.1, 0.15) is 27.7 Å². The third kappa shape index (κ3) is 4.04. The minimum absolute atomic E-state index is 0.378. The topological polar surface area (TPSA) is 18.5 Å². The van der Waals surface area contributed by atoms with Crippen molar-refractivity contribution in [2.45, 2.75) is 33.7 Å².